The molecule has 248 valence electrons. The van der Waals surface area contributed by atoms with Gasteiger partial charge in [-0.2, -0.15) is 0 Å². The predicted octanol–water partition coefficient (Wildman–Crippen LogP) is 6.93. The summed E-state index contributed by atoms with van der Waals surface area (Å²) in [6, 6.07) is 14.9. The monoisotopic (exact) mass is 646 g/mol. The van der Waals surface area contributed by atoms with Gasteiger partial charge in [0.1, 0.15) is 5.75 Å². The Bertz CT molecular complexity index is 1460. The molecule has 0 unspecified atom stereocenters. The van der Waals surface area contributed by atoms with Crippen LogP contribution in [-0.4, -0.2) is 69.6 Å². The van der Waals surface area contributed by atoms with E-state index < -0.39 is 0 Å². The molecule has 0 atom stereocenters. The van der Waals surface area contributed by atoms with Gasteiger partial charge in [-0.05, 0) is 119 Å². The average Bonchev–Trinajstić information content (AvgIpc) is 3.57. The van der Waals surface area contributed by atoms with Gasteiger partial charge in [-0.1, -0.05) is 35.6 Å². The summed E-state index contributed by atoms with van der Waals surface area (Å²) < 4.78 is 10.8. The van der Waals surface area contributed by atoms with Crippen LogP contribution in [0.5, 0.6) is 10.9 Å². The number of methoxy groups -OCH3 is 2. The van der Waals surface area contributed by atoms with Gasteiger partial charge in [0.2, 0.25) is 11.8 Å². The molecule has 2 aliphatic carbocycles. The maximum Gasteiger partial charge on any atom is 0.273 e. The predicted molar refractivity (Wildman–Crippen MR) is 186 cm³/mol. The molecule has 1 aromatic heterocycles. The minimum absolute atomic E-state index is 0.0128. The topological polar surface area (TPSA) is 84.0 Å². The van der Waals surface area contributed by atoms with Crippen molar-refractivity contribution in [1.82, 2.24) is 15.2 Å². The van der Waals surface area contributed by atoms with E-state index >= 15 is 0 Å². The van der Waals surface area contributed by atoms with E-state index in [1.54, 1.807) is 14.2 Å². The molecule has 46 heavy (non-hydrogen) atoms. The second kappa shape index (κ2) is 15.9. The van der Waals surface area contributed by atoms with Crippen molar-refractivity contribution in [3.8, 4) is 21.4 Å². The lowest BCUT2D eigenvalue weighted by Crippen LogP contribution is -2.43. The van der Waals surface area contributed by atoms with E-state index in [2.05, 4.69) is 63.4 Å². The number of benzene rings is 2. The lowest BCUT2D eigenvalue weighted by atomic mass is 9.77. The first-order valence-electron chi connectivity index (χ1n) is 16.7. The molecule has 2 saturated carbocycles. The molecule has 2 amide bonds. The first-order valence-corrected chi connectivity index (χ1v) is 17.6. The van der Waals surface area contributed by atoms with Gasteiger partial charge in [0.25, 0.3) is 5.19 Å². The van der Waals surface area contributed by atoms with E-state index in [4.69, 9.17) is 9.47 Å². The Hall–Kier alpha value is -3.43. The van der Waals surface area contributed by atoms with Gasteiger partial charge in [-0.25, -0.2) is 4.98 Å². The van der Waals surface area contributed by atoms with E-state index in [9.17, 15) is 9.59 Å². The molecule has 0 bridgehead atoms. The van der Waals surface area contributed by atoms with Crippen molar-refractivity contribution in [2.45, 2.75) is 64.2 Å². The zero-order valence-electron chi connectivity index (χ0n) is 28.1. The molecule has 1 N–H and O–H groups in total. The molecule has 2 fully saturated rings. The number of anilines is 1. The Morgan fingerprint density at radius 1 is 0.935 bits per heavy atom. The molecule has 3 aromatic rings. The van der Waals surface area contributed by atoms with E-state index in [1.807, 2.05) is 26.4 Å². The van der Waals surface area contributed by atoms with Gasteiger partial charge in [0.05, 0.1) is 19.1 Å². The molecule has 2 aromatic carbocycles. The number of hydrogen-bond acceptors (Lipinski definition) is 7. The molecule has 8 nitrogen and oxygen atoms in total. The van der Waals surface area contributed by atoms with Gasteiger partial charge < -0.3 is 24.6 Å². The van der Waals surface area contributed by atoms with E-state index in [0.717, 1.165) is 79.8 Å². The van der Waals surface area contributed by atoms with Gasteiger partial charge >= 0.3 is 0 Å². The van der Waals surface area contributed by atoms with Crippen LogP contribution in [0.2, 0.25) is 0 Å². The molecule has 5 rings (SSSR count). The zero-order valence-corrected chi connectivity index (χ0v) is 28.9. The SMILES string of the molecule is COc1ncc(-c2cccc(N(CC3CCC(c4ccc(OC)c(C)c4)CC3)C(=O)C3CCC(C(=O)NCCN(C)C)CC3)c2)s1. The number of ether oxygens (including phenoxy) is 2. The summed E-state index contributed by atoms with van der Waals surface area (Å²) in [6.45, 7) is 4.30. The van der Waals surface area contributed by atoms with E-state index in [1.165, 1.54) is 22.5 Å². The molecule has 1 heterocycles. The molecule has 9 heteroatoms. The summed E-state index contributed by atoms with van der Waals surface area (Å²) >= 11 is 1.50. The van der Waals surface area contributed by atoms with Crippen LogP contribution in [-0.2, 0) is 9.59 Å². The number of rotatable bonds is 12. The maximum atomic E-state index is 14.4. The Morgan fingerprint density at radius 3 is 2.33 bits per heavy atom. The first-order chi connectivity index (χ1) is 22.2. The van der Waals surface area contributed by atoms with Gasteiger partial charge in [0, 0.05) is 43.4 Å². The Balaban J connectivity index is 1.28. The van der Waals surface area contributed by atoms with E-state index in [0.29, 0.717) is 30.1 Å². The van der Waals surface area contributed by atoms with Crippen molar-refractivity contribution < 1.29 is 19.1 Å². The summed E-state index contributed by atoms with van der Waals surface area (Å²) in [5.74, 6) is 2.14. The number of aromatic nitrogens is 1. The molecule has 0 saturated heterocycles. The molecule has 0 aliphatic heterocycles. The number of likely N-dealkylation sites (N-methyl/N-ethyl adjacent to an activating group) is 1. The van der Waals surface area contributed by atoms with Crippen LogP contribution in [0.3, 0.4) is 0 Å². The fourth-order valence-corrected chi connectivity index (χ4v) is 7.82. The molecular weight excluding hydrogens is 596 g/mol. The summed E-state index contributed by atoms with van der Waals surface area (Å²) in [5, 5.41) is 3.71. The van der Waals surface area contributed by atoms with Crippen molar-refractivity contribution in [2.24, 2.45) is 17.8 Å². The van der Waals surface area contributed by atoms with Crippen molar-refractivity contribution in [3.05, 3.63) is 59.8 Å². The highest BCUT2D eigenvalue weighted by Crippen LogP contribution is 2.40. The normalized spacial score (nSPS) is 21.5. The number of nitrogens with one attached hydrogen (secondary N) is 1. The number of hydrogen-bond donors (Lipinski definition) is 1. The Morgan fingerprint density at radius 2 is 1.67 bits per heavy atom. The van der Waals surface area contributed by atoms with E-state index in [-0.39, 0.29) is 23.7 Å². The second-order valence-electron chi connectivity index (χ2n) is 13.3. The van der Waals surface area contributed by atoms with Crippen LogP contribution >= 0.6 is 11.3 Å². The molecule has 0 spiro atoms. The van der Waals surface area contributed by atoms with Gasteiger partial charge in [0.15, 0.2) is 0 Å². The average molecular weight is 647 g/mol. The van der Waals surface area contributed by atoms with Crippen LogP contribution < -0.4 is 19.7 Å². The Kier molecular flexibility index (Phi) is 11.7. The highest BCUT2D eigenvalue weighted by Gasteiger charge is 2.34. The summed E-state index contributed by atoms with van der Waals surface area (Å²) in [7, 11) is 7.37. The minimum atomic E-state index is -0.0726. The van der Waals surface area contributed by atoms with Crippen LogP contribution in [0.4, 0.5) is 5.69 Å². The lowest BCUT2D eigenvalue weighted by molar-refractivity contribution is -0.129. The van der Waals surface area contributed by atoms with Crippen molar-refractivity contribution in [3.63, 3.8) is 0 Å². The summed E-state index contributed by atoms with van der Waals surface area (Å²) in [4.78, 5) is 36.7. The van der Waals surface area contributed by atoms with Crippen LogP contribution in [0.15, 0.2) is 48.7 Å². The summed E-state index contributed by atoms with van der Waals surface area (Å²) in [5.41, 5.74) is 4.54. The Labute approximate surface area is 278 Å². The molecule has 0 radical (unpaired) electrons. The number of amides is 2. The smallest absolute Gasteiger partial charge is 0.273 e. The quantitative estimate of drug-likeness (QED) is 0.230. The maximum absolute atomic E-state index is 14.4. The largest absolute Gasteiger partial charge is 0.496 e. The fourth-order valence-electron chi connectivity index (χ4n) is 7.10. The fraction of sp³-hybridized carbons (Fsp3) is 0.541. The summed E-state index contributed by atoms with van der Waals surface area (Å²) in [6.07, 6.45) is 9.25. The van der Waals surface area contributed by atoms with Crippen LogP contribution in [0, 0.1) is 24.7 Å². The number of thiazole rings is 1. The van der Waals surface area contributed by atoms with Gasteiger partial charge in [-0.15, -0.1) is 0 Å². The second-order valence-corrected chi connectivity index (χ2v) is 14.3. The third kappa shape index (κ3) is 8.48. The first kappa shape index (κ1) is 33.9. The minimum Gasteiger partial charge on any atom is -0.496 e. The van der Waals surface area contributed by atoms with Crippen LogP contribution in [0.25, 0.3) is 10.4 Å². The highest BCUT2D eigenvalue weighted by atomic mass is 32.1. The third-order valence-electron chi connectivity index (χ3n) is 9.85. The van der Waals surface area contributed by atoms with Crippen molar-refractivity contribution in [2.75, 3.05) is 52.8 Å². The van der Waals surface area contributed by atoms with Crippen molar-refractivity contribution in [1.29, 1.82) is 0 Å². The molecule has 2 aliphatic rings. The lowest BCUT2D eigenvalue weighted by Gasteiger charge is -2.36. The van der Waals surface area contributed by atoms with Gasteiger partial charge in [-0.3, -0.25) is 9.59 Å². The number of aryl methyl sites for hydroxylation is 1. The standard InChI is InChI=1S/C37H50N4O4S/c1-25-21-30(17-18-33(25)44-4)27-11-9-26(10-12-27)24-41(32-8-6-7-31(22-32)34-23-39-37(45-5)46-34)36(43)29-15-13-28(14-16-29)35(42)38-19-20-40(2)3/h6-8,17-18,21-23,26-29H,9-16,19-20,24H2,1-5H3,(H,38,42). The third-order valence-corrected chi connectivity index (χ3v) is 10.9. The highest BCUT2D eigenvalue weighted by molar-refractivity contribution is 7.16. The van der Waals surface area contributed by atoms with Crippen molar-refractivity contribution >= 4 is 28.8 Å². The molecular formula is C37H50N4O4S. The number of carbonyl (C=O) groups excluding carboxylic acids is 2. The number of nitrogens with zero attached hydrogens (tertiary/aromatic N) is 3. The number of carbonyl (C=O) groups is 2. The zero-order chi connectivity index (χ0) is 32.6. The van der Waals surface area contributed by atoms with Crippen LogP contribution in [0.1, 0.15) is 68.4 Å².